The number of carbonyl (C=O) groups is 4. The third-order valence-electron chi connectivity index (χ3n) is 14.1. The molecule has 0 N–H and O–H groups in total. The molecule has 0 aromatic carbocycles. The van der Waals surface area contributed by atoms with Crippen molar-refractivity contribution in [3.63, 3.8) is 0 Å². The number of aliphatic carboxylic acids is 2. The van der Waals surface area contributed by atoms with Gasteiger partial charge in [0.2, 0.25) is 0 Å². The largest absolute Gasteiger partial charge is 2.00 e. The first kappa shape index (κ1) is 73.7. The second-order valence-electron chi connectivity index (χ2n) is 21.3. The average molecular weight is 1060 g/mol. The molecule has 2 unspecified atom stereocenters. The van der Waals surface area contributed by atoms with E-state index in [1.807, 2.05) is 0 Å². The molecular formula is C62H118O8Zn. The van der Waals surface area contributed by atoms with Crippen molar-refractivity contribution in [1.82, 2.24) is 0 Å². The zero-order chi connectivity index (χ0) is 51.6. The van der Waals surface area contributed by atoms with E-state index in [0.29, 0.717) is 38.5 Å². The molecule has 416 valence electrons. The van der Waals surface area contributed by atoms with Crippen LogP contribution < -0.4 is 10.2 Å². The number of hydrogen-bond acceptors (Lipinski definition) is 8. The molecule has 0 aliphatic heterocycles. The molecule has 0 rings (SSSR count). The molecule has 0 radical (unpaired) electrons. The minimum absolute atomic E-state index is 0. The van der Waals surface area contributed by atoms with E-state index in [0.717, 1.165) is 51.4 Å². The van der Waals surface area contributed by atoms with Crippen LogP contribution in [-0.4, -0.2) is 36.1 Å². The Hall–Kier alpha value is -1.50. The molecule has 8 nitrogen and oxygen atoms in total. The summed E-state index contributed by atoms with van der Waals surface area (Å²) in [5.41, 5.74) is 0. The van der Waals surface area contributed by atoms with Gasteiger partial charge in [-0.25, -0.2) is 0 Å². The zero-order valence-electron chi connectivity index (χ0n) is 47.9. The zero-order valence-corrected chi connectivity index (χ0v) is 50.9. The smallest absolute Gasteiger partial charge is 0.550 e. The minimum Gasteiger partial charge on any atom is -0.550 e. The Bertz CT molecular complexity index is 1020. The van der Waals surface area contributed by atoms with Crippen molar-refractivity contribution in [2.24, 2.45) is 0 Å². The average Bonchev–Trinajstić information content (AvgIpc) is 3.33. The molecule has 9 heteroatoms. The molecule has 0 saturated heterocycles. The van der Waals surface area contributed by atoms with E-state index in [1.54, 1.807) is 0 Å². The Balaban J connectivity index is -0.00000128. The van der Waals surface area contributed by atoms with E-state index in [9.17, 15) is 29.4 Å². The predicted octanol–water partition coefficient (Wildman–Crippen LogP) is 17.7. The first-order chi connectivity index (χ1) is 34.2. The van der Waals surface area contributed by atoms with E-state index in [2.05, 4.69) is 27.7 Å². The fraction of sp³-hybridized carbons (Fsp3) is 0.935. The maximum Gasteiger partial charge on any atom is 2.00 e. The van der Waals surface area contributed by atoms with Gasteiger partial charge < -0.3 is 29.3 Å². The molecule has 0 heterocycles. The van der Waals surface area contributed by atoms with Crippen molar-refractivity contribution in [1.29, 1.82) is 0 Å². The Morgan fingerprint density at radius 2 is 0.451 bits per heavy atom. The van der Waals surface area contributed by atoms with E-state index in [1.165, 1.54) is 231 Å². The summed E-state index contributed by atoms with van der Waals surface area (Å²) in [4.78, 5) is 46.2. The summed E-state index contributed by atoms with van der Waals surface area (Å²) in [6.45, 7) is 9.01. The van der Waals surface area contributed by atoms with Crippen LogP contribution in [0, 0.1) is 0 Å². The van der Waals surface area contributed by atoms with E-state index >= 15 is 0 Å². The molecule has 0 fully saturated rings. The summed E-state index contributed by atoms with van der Waals surface area (Å²) in [5.74, 6) is -2.25. The van der Waals surface area contributed by atoms with Crippen LogP contribution in [-0.2, 0) is 48.1 Å². The second kappa shape index (κ2) is 62.8. The van der Waals surface area contributed by atoms with Crippen molar-refractivity contribution in [3.05, 3.63) is 0 Å². The van der Waals surface area contributed by atoms with E-state index in [4.69, 9.17) is 9.47 Å². The summed E-state index contributed by atoms with van der Waals surface area (Å²) in [5, 5.41) is 21.5. The number of ether oxygens (including phenoxy) is 2. The maximum atomic E-state index is 12.3. The molecule has 2 atom stereocenters. The summed E-state index contributed by atoms with van der Waals surface area (Å²) in [7, 11) is 0. The Morgan fingerprint density at radius 3 is 0.662 bits per heavy atom. The molecule has 0 saturated carbocycles. The number of carboxylic acid groups (broad SMARTS) is 2. The molecule has 71 heavy (non-hydrogen) atoms. The molecule has 0 bridgehead atoms. The van der Waals surface area contributed by atoms with Crippen LogP contribution in [0.1, 0.15) is 362 Å². The summed E-state index contributed by atoms with van der Waals surface area (Å²) in [6, 6.07) is 0. The molecule has 0 aliphatic rings. The van der Waals surface area contributed by atoms with Crippen LogP contribution >= 0.6 is 0 Å². The minimum atomic E-state index is -1.02. The van der Waals surface area contributed by atoms with Crippen molar-refractivity contribution in [2.45, 2.75) is 374 Å². The van der Waals surface area contributed by atoms with Gasteiger partial charge in [-0.2, -0.15) is 0 Å². The molecule has 0 aromatic rings. The van der Waals surface area contributed by atoms with Crippen LogP contribution in [0.2, 0.25) is 0 Å². The van der Waals surface area contributed by atoms with Gasteiger partial charge in [0.05, 0.1) is 0 Å². The molecule has 0 spiro atoms. The van der Waals surface area contributed by atoms with Crippen LogP contribution in [0.3, 0.4) is 0 Å². The van der Waals surface area contributed by atoms with Crippen molar-refractivity contribution in [3.8, 4) is 0 Å². The van der Waals surface area contributed by atoms with Gasteiger partial charge in [-0.05, 0) is 77.0 Å². The Kier molecular flexibility index (Phi) is 65.2. The fourth-order valence-electron chi connectivity index (χ4n) is 9.55. The van der Waals surface area contributed by atoms with Gasteiger partial charge in [0, 0.05) is 24.8 Å². The number of carbonyl (C=O) groups excluding carboxylic acids is 4. The number of carboxylic acids is 2. The first-order valence-electron chi connectivity index (χ1n) is 31.0. The van der Waals surface area contributed by atoms with Gasteiger partial charge in [0.25, 0.3) is 0 Å². The third kappa shape index (κ3) is 64.6. The van der Waals surface area contributed by atoms with Crippen molar-refractivity contribution in [2.75, 3.05) is 0 Å². The van der Waals surface area contributed by atoms with Gasteiger partial charge in [-0.15, -0.1) is 0 Å². The number of hydrogen-bond donors (Lipinski definition) is 0. The summed E-state index contributed by atoms with van der Waals surface area (Å²) >= 11 is 0. The van der Waals surface area contributed by atoms with Gasteiger partial charge in [-0.1, -0.05) is 272 Å². The monoisotopic (exact) mass is 1050 g/mol. The molecule has 0 amide bonds. The Labute approximate surface area is 453 Å². The first-order valence-corrected chi connectivity index (χ1v) is 31.0. The number of rotatable bonds is 56. The standard InChI is InChI=1S/2C31H60O4.Zn/c2*1-3-5-7-9-11-13-15-16-18-20-22-25-29(26-24-27-30(32)33)35-31(34)28-23-21-19-17-14-12-10-8-6-4-2;/h2*29H,3-28H2,1-2H3,(H,32,33);/q;;+2/p-2. The van der Waals surface area contributed by atoms with Gasteiger partial charge in [0.15, 0.2) is 0 Å². The maximum absolute atomic E-state index is 12.3. The normalized spacial score (nSPS) is 11.9. The van der Waals surface area contributed by atoms with Crippen LogP contribution in [0.25, 0.3) is 0 Å². The molecular weight excluding hydrogens is 938 g/mol. The van der Waals surface area contributed by atoms with Gasteiger partial charge in [0.1, 0.15) is 12.2 Å². The quantitative estimate of drug-likeness (QED) is 0.0334. The summed E-state index contributed by atoms with van der Waals surface area (Å²) in [6.07, 6.45) is 58.4. The topological polar surface area (TPSA) is 133 Å². The predicted molar refractivity (Wildman–Crippen MR) is 293 cm³/mol. The van der Waals surface area contributed by atoms with Crippen molar-refractivity contribution < 1.29 is 58.3 Å². The second-order valence-corrected chi connectivity index (χ2v) is 21.3. The molecule has 0 aromatic heterocycles. The SMILES string of the molecule is CCCCCCCCCCCCCC(CCCC(=O)[O-])OC(=O)CCCCCCCCCCCC.CCCCCCCCCCCCCC(CCCC(=O)[O-])OC(=O)CCCCCCCCCCCC.[Zn+2]. The number of unbranched alkanes of at least 4 members (excludes halogenated alkanes) is 38. The van der Waals surface area contributed by atoms with Gasteiger partial charge in [-0.3, -0.25) is 9.59 Å². The Morgan fingerprint density at radius 1 is 0.268 bits per heavy atom. The van der Waals surface area contributed by atoms with Crippen LogP contribution in [0.15, 0.2) is 0 Å². The van der Waals surface area contributed by atoms with Crippen molar-refractivity contribution >= 4 is 23.9 Å². The van der Waals surface area contributed by atoms with E-state index < -0.39 is 11.9 Å². The van der Waals surface area contributed by atoms with Crippen LogP contribution in [0.4, 0.5) is 0 Å². The van der Waals surface area contributed by atoms with E-state index in [-0.39, 0.29) is 56.5 Å². The number of esters is 2. The third-order valence-corrected chi connectivity index (χ3v) is 14.1. The van der Waals surface area contributed by atoms with Crippen LogP contribution in [0.5, 0.6) is 0 Å². The van der Waals surface area contributed by atoms with Gasteiger partial charge >= 0.3 is 31.4 Å². The fourth-order valence-corrected chi connectivity index (χ4v) is 9.55. The molecule has 0 aliphatic carbocycles. The summed E-state index contributed by atoms with van der Waals surface area (Å²) < 4.78 is 11.5.